The van der Waals surface area contributed by atoms with Gasteiger partial charge in [0, 0.05) is 37.6 Å². The molecular weight excluding hydrogens is 390 g/mol. The maximum Gasteiger partial charge on any atom is 0.228 e. The summed E-state index contributed by atoms with van der Waals surface area (Å²) in [4.78, 5) is 42.6. The molecular formula is C25H39N3O3. The van der Waals surface area contributed by atoms with E-state index in [0.717, 1.165) is 62.9 Å². The van der Waals surface area contributed by atoms with Gasteiger partial charge in [0.05, 0.1) is 11.3 Å². The second-order valence-corrected chi connectivity index (χ2v) is 12.3. The second-order valence-electron chi connectivity index (χ2n) is 12.3. The van der Waals surface area contributed by atoms with Crippen molar-refractivity contribution in [1.29, 1.82) is 0 Å². The summed E-state index contributed by atoms with van der Waals surface area (Å²) in [6.45, 7) is 8.06. The lowest BCUT2D eigenvalue weighted by Gasteiger charge is -2.57. The third kappa shape index (κ3) is 3.89. The van der Waals surface area contributed by atoms with Crippen molar-refractivity contribution in [3.8, 4) is 0 Å². The van der Waals surface area contributed by atoms with Gasteiger partial charge in [-0.2, -0.15) is 0 Å². The number of nitrogens with one attached hydrogen (secondary N) is 1. The van der Waals surface area contributed by atoms with Gasteiger partial charge < -0.3 is 15.1 Å². The first-order valence-electron chi connectivity index (χ1n) is 12.5. The lowest BCUT2D eigenvalue weighted by molar-refractivity contribution is -0.158. The molecule has 0 aromatic carbocycles. The van der Waals surface area contributed by atoms with Crippen molar-refractivity contribution in [3.05, 3.63) is 0 Å². The Bertz CT molecular complexity index is 727. The molecule has 6 fully saturated rings. The van der Waals surface area contributed by atoms with Crippen LogP contribution >= 0.6 is 0 Å². The molecule has 6 nitrogen and oxygen atoms in total. The van der Waals surface area contributed by atoms with Gasteiger partial charge in [-0.1, -0.05) is 0 Å². The van der Waals surface area contributed by atoms with Gasteiger partial charge in [0.2, 0.25) is 17.7 Å². The van der Waals surface area contributed by atoms with Crippen LogP contribution in [0.4, 0.5) is 0 Å². The fourth-order valence-electron chi connectivity index (χ4n) is 7.79. The largest absolute Gasteiger partial charge is 0.353 e. The number of likely N-dealkylation sites (tertiary alicyclic amines) is 2. The zero-order valence-corrected chi connectivity index (χ0v) is 19.5. The predicted molar refractivity (Wildman–Crippen MR) is 118 cm³/mol. The summed E-state index contributed by atoms with van der Waals surface area (Å²) in [5, 5.41) is 3.19. The molecule has 1 unspecified atom stereocenters. The maximum absolute atomic E-state index is 13.6. The van der Waals surface area contributed by atoms with Crippen molar-refractivity contribution in [3.63, 3.8) is 0 Å². The molecule has 6 aliphatic rings. The summed E-state index contributed by atoms with van der Waals surface area (Å²) in [5.41, 5.74) is -0.305. The Morgan fingerprint density at radius 3 is 2.00 bits per heavy atom. The number of hydrogen-bond donors (Lipinski definition) is 1. The summed E-state index contributed by atoms with van der Waals surface area (Å²) in [7, 11) is 0. The van der Waals surface area contributed by atoms with E-state index in [1.165, 1.54) is 19.3 Å². The average molecular weight is 430 g/mol. The minimum absolute atomic E-state index is 0.00552. The first kappa shape index (κ1) is 21.3. The number of nitrogens with zero attached hydrogens (tertiary/aromatic N) is 2. The van der Waals surface area contributed by atoms with Crippen LogP contribution in [0.5, 0.6) is 0 Å². The topological polar surface area (TPSA) is 69.7 Å². The fraction of sp³-hybridized carbons (Fsp3) is 0.880. The third-order valence-electron chi connectivity index (χ3n) is 8.93. The van der Waals surface area contributed by atoms with Crippen LogP contribution in [0.2, 0.25) is 0 Å². The number of carbonyl (C=O) groups is 3. The standard InChI is InChI=1S/C25H39N3O3/c1-24(2,3)28-15-19(11-21(28)29)22(30)26-20-4-6-27(7-5-20)23(31)25-12-16-8-17(13-25)10-18(9-16)14-25/h16-20H,4-15H2,1-3H3,(H,26,30). The molecule has 2 heterocycles. The average Bonchev–Trinajstić information content (AvgIpc) is 3.09. The van der Waals surface area contributed by atoms with E-state index < -0.39 is 0 Å². The number of rotatable bonds is 3. The van der Waals surface area contributed by atoms with E-state index in [-0.39, 0.29) is 34.7 Å². The van der Waals surface area contributed by atoms with Crippen LogP contribution in [0, 0.1) is 29.1 Å². The molecule has 0 aromatic rings. The smallest absolute Gasteiger partial charge is 0.228 e. The normalized spacial score (nSPS) is 38.1. The van der Waals surface area contributed by atoms with Gasteiger partial charge in [-0.15, -0.1) is 0 Å². The van der Waals surface area contributed by atoms with Crippen molar-refractivity contribution in [2.45, 2.75) is 90.1 Å². The Hall–Kier alpha value is -1.59. The van der Waals surface area contributed by atoms with Gasteiger partial charge in [0.25, 0.3) is 0 Å². The van der Waals surface area contributed by atoms with Crippen molar-refractivity contribution >= 4 is 17.7 Å². The van der Waals surface area contributed by atoms with E-state index in [1.54, 1.807) is 0 Å². The van der Waals surface area contributed by atoms with Gasteiger partial charge >= 0.3 is 0 Å². The maximum atomic E-state index is 13.6. The van der Waals surface area contributed by atoms with E-state index in [1.807, 2.05) is 25.7 Å². The lowest BCUT2D eigenvalue weighted by atomic mass is 9.49. The zero-order chi connectivity index (χ0) is 22.0. The molecule has 3 amide bonds. The summed E-state index contributed by atoms with van der Waals surface area (Å²) in [6.07, 6.45) is 9.40. The van der Waals surface area contributed by atoms with Crippen LogP contribution in [0.3, 0.4) is 0 Å². The SMILES string of the molecule is CC(C)(C)N1CC(C(=O)NC2CCN(C(=O)C34CC5CC(CC(C5)C3)C4)CC2)CC1=O. The highest BCUT2D eigenvalue weighted by Crippen LogP contribution is 2.60. The van der Waals surface area contributed by atoms with Gasteiger partial charge in [0.1, 0.15) is 0 Å². The highest BCUT2D eigenvalue weighted by molar-refractivity contribution is 5.89. The van der Waals surface area contributed by atoms with Crippen molar-refractivity contribution in [1.82, 2.24) is 15.1 Å². The Labute approximate surface area is 186 Å². The van der Waals surface area contributed by atoms with Crippen LogP contribution in [0.1, 0.15) is 78.6 Å². The molecule has 4 aliphatic carbocycles. The number of carbonyl (C=O) groups excluding carboxylic acids is 3. The van der Waals surface area contributed by atoms with Crippen LogP contribution in [0.25, 0.3) is 0 Å². The number of hydrogen-bond acceptors (Lipinski definition) is 3. The van der Waals surface area contributed by atoms with E-state index in [0.29, 0.717) is 18.9 Å². The quantitative estimate of drug-likeness (QED) is 0.750. The van der Waals surface area contributed by atoms with Gasteiger partial charge in [0.15, 0.2) is 0 Å². The van der Waals surface area contributed by atoms with E-state index in [4.69, 9.17) is 0 Å². The summed E-state index contributed by atoms with van der Waals surface area (Å²) < 4.78 is 0. The van der Waals surface area contributed by atoms with Crippen molar-refractivity contribution in [2.75, 3.05) is 19.6 Å². The lowest BCUT2D eigenvalue weighted by Crippen LogP contribution is -2.57. The third-order valence-corrected chi connectivity index (χ3v) is 8.93. The fourth-order valence-corrected chi connectivity index (χ4v) is 7.79. The molecule has 0 spiro atoms. The Kier molecular flexibility index (Phi) is 5.13. The minimum Gasteiger partial charge on any atom is -0.353 e. The molecule has 4 bridgehead atoms. The molecule has 31 heavy (non-hydrogen) atoms. The van der Waals surface area contributed by atoms with Crippen LogP contribution in [-0.2, 0) is 14.4 Å². The summed E-state index contributed by atoms with van der Waals surface area (Å²) in [5.74, 6) is 2.60. The molecule has 0 aromatic heterocycles. The first-order valence-corrected chi connectivity index (χ1v) is 12.5. The summed E-state index contributed by atoms with van der Waals surface area (Å²) in [6, 6.07) is 0.117. The molecule has 6 rings (SSSR count). The Morgan fingerprint density at radius 1 is 0.968 bits per heavy atom. The predicted octanol–water partition coefficient (Wildman–Crippen LogP) is 2.96. The highest BCUT2D eigenvalue weighted by Gasteiger charge is 2.55. The van der Waals surface area contributed by atoms with E-state index >= 15 is 0 Å². The van der Waals surface area contributed by atoms with Crippen LogP contribution < -0.4 is 5.32 Å². The molecule has 1 N–H and O–H groups in total. The molecule has 6 heteroatoms. The molecule has 2 saturated heterocycles. The minimum atomic E-state index is -0.251. The highest BCUT2D eigenvalue weighted by atomic mass is 16.2. The Morgan fingerprint density at radius 2 is 1.52 bits per heavy atom. The van der Waals surface area contributed by atoms with Crippen molar-refractivity contribution < 1.29 is 14.4 Å². The van der Waals surface area contributed by atoms with Crippen LogP contribution in [0.15, 0.2) is 0 Å². The van der Waals surface area contributed by atoms with Gasteiger partial charge in [-0.25, -0.2) is 0 Å². The van der Waals surface area contributed by atoms with Gasteiger partial charge in [-0.05, 0) is 89.9 Å². The molecule has 172 valence electrons. The second kappa shape index (κ2) is 7.48. The molecule has 4 saturated carbocycles. The molecule has 0 radical (unpaired) electrons. The number of piperidine rings is 1. The van der Waals surface area contributed by atoms with E-state index in [9.17, 15) is 14.4 Å². The zero-order valence-electron chi connectivity index (χ0n) is 19.5. The molecule has 2 aliphatic heterocycles. The molecule has 1 atom stereocenters. The summed E-state index contributed by atoms with van der Waals surface area (Å²) >= 11 is 0. The monoisotopic (exact) mass is 429 g/mol. The van der Waals surface area contributed by atoms with Crippen LogP contribution in [-0.4, -0.2) is 58.7 Å². The number of amides is 3. The Balaban J connectivity index is 1.13. The van der Waals surface area contributed by atoms with Gasteiger partial charge in [-0.3, -0.25) is 14.4 Å². The first-order chi connectivity index (χ1) is 14.6. The van der Waals surface area contributed by atoms with Crippen molar-refractivity contribution in [2.24, 2.45) is 29.1 Å². The van der Waals surface area contributed by atoms with E-state index in [2.05, 4.69) is 10.2 Å².